The van der Waals surface area contributed by atoms with Gasteiger partial charge in [0, 0.05) is 23.3 Å². The maximum absolute atomic E-state index is 14.0. The zero-order valence-corrected chi connectivity index (χ0v) is 49.7. The third-order valence-electron chi connectivity index (χ3n) is 18.1. The van der Waals surface area contributed by atoms with Crippen molar-refractivity contribution in [2.45, 2.75) is 205 Å². The van der Waals surface area contributed by atoms with E-state index in [1.807, 2.05) is 48.5 Å². The molecule has 0 amide bonds. The van der Waals surface area contributed by atoms with Gasteiger partial charge in [0.2, 0.25) is 0 Å². The average molecular weight is 1120 g/mol. The van der Waals surface area contributed by atoms with Crippen molar-refractivity contribution in [3.05, 3.63) is 120 Å². The fourth-order valence-electron chi connectivity index (χ4n) is 13.2. The number of hydrogen-bond donors (Lipinski definition) is 0. The lowest BCUT2D eigenvalue weighted by atomic mass is 9.67. The first-order valence-corrected chi connectivity index (χ1v) is 31.7. The van der Waals surface area contributed by atoms with E-state index < -0.39 is 23.1 Å². The molecule has 82 heavy (non-hydrogen) atoms. The molecule has 4 fully saturated rings. The minimum absolute atomic E-state index is 0.377. The van der Waals surface area contributed by atoms with Crippen molar-refractivity contribution in [3.8, 4) is 35.2 Å². The van der Waals surface area contributed by atoms with E-state index in [0.29, 0.717) is 86.6 Å². The van der Waals surface area contributed by atoms with Crippen molar-refractivity contribution >= 4 is 23.9 Å². The van der Waals surface area contributed by atoms with Crippen LogP contribution in [0.2, 0.25) is 0 Å². The number of ether oxygens (including phenoxy) is 6. The van der Waals surface area contributed by atoms with Crippen molar-refractivity contribution < 1.29 is 47.6 Å². The van der Waals surface area contributed by atoms with E-state index in [1.54, 1.807) is 24.3 Å². The second kappa shape index (κ2) is 33.7. The molecule has 0 heterocycles. The number of carbonyl (C=O) groups is 4. The van der Waals surface area contributed by atoms with E-state index in [1.165, 1.54) is 89.2 Å². The van der Waals surface area contributed by atoms with Crippen LogP contribution in [0.4, 0.5) is 0 Å². The molecule has 0 unspecified atom stereocenters. The quantitative estimate of drug-likeness (QED) is 0.0228. The molecule has 0 aromatic heterocycles. The van der Waals surface area contributed by atoms with Crippen LogP contribution >= 0.6 is 0 Å². The largest absolute Gasteiger partial charge is 0.494 e. The molecule has 0 atom stereocenters. The van der Waals surface area contributed by atoms with Crippen LogP contribution in [-0.4, -0.2) is 61.5 Å². The summed E-state index contributed by atoms with van der Waals surface area (Å²) in [6.45, 7) is 13.3. The molecule has 4 aliphatic carbocycles. The van der Waals surface area contributed by atoms with E-state index in [0.717, 1.165) is 112 Å². The van der Waals surface area contributed by atoms with Gasteiger partial charge in [-0.15, -0.1) is 0 Å². The Balaban J connectivity index is 0.992. The summed E-state index contributed by atoms with van der Waals surface area (Å²) in [5.41, 5.74) is 0.767. The van der Waals surface area contributed by atoms with Gasteiger partial charge < -0.3 is 28.4 Å². The molecular formula is C72H94O10. The molecule has 4 aliphatic rings. The molecule has 442 valence electrons. The Kier molecular flexibility index (Phi) is 26.1. The van der Waals surface area contributed by atoms with E-state index in [-0.39, 0.29) is 11.9 Å². The summed E-state index contributed by atoms with van der Waals surface area (Å²) in [6, 6.07) is 22.4. The minimum atomic E-state index is -0.908. The van der Waals surface area contributed by atoms with Crippen LogP contribution < -0.4 is 9.47 Å². The third-order valence-corrected chi connectivity index (χ3v) is 18.1. The van der Waals surface area contributed by atoms with Crippen LogP contribution in [0.15, 0.2) is 98.1 Å². The van der Waals surface area contributed by atoms with Crippen LogP contribution in [0.1, 0.15) is 225 Å². The Labute approximate surface area is 491 Å². The van der Waals surface area contributed by atoms with E-state index in [4.69, 9.17) is 28.4 Å². The first-order chi connectivity index (χ1) is 40.0. The van der Waals surface area contributed by atoms with Crippen LogP contribution in [-0.2, 0) is 28.5 Å². The molecule has 3 aromatic carbocycles. The number of benzene rings is 3. The van der Waals surface area contributed by atoms with E-state index in [9.17, 15) is 19.2 Å². The van der Waals surface area contributed by atoms with Gasteiger partial charge >= 0.3 is 23.9 Å². The SMILES string of the molecule is C=CC(=O)OCCCCCCOc1ccc(C(=O)OC2(C#Cc3ccc(C#CC4(OC(=O)c5ccc(OCCCCCCOC(=O)C=C)cc5)CCC(C5CCC(CCC)CC5)CC4)cc3)CCC(C3CCC(CCC)CC3)CC2)cc1. The predicted molar refractivity (Wildman–Crippen MR) is 324 cm³/mol. The smallest absolute Gasteiger partial charge is 0.339 e. The topological polar surface area (TPSA) is 124 Å². The summed E-state index contributed by atoms with van der Waals surface area (Å²) >= 11 is 0. The van der Waals surface area contributed by atoms with Crippen LogP contribution in [0, 0.1) is 59.2 Å². The van der Waals surface area contributed by atoms with Gasteiger partial charge in [0.1, 0.15) is 11.5 Å². The summed E-state index contributed by atoms with van der Waals surface area (Å²) in [6.07, 6.45) is 31.9. The monoisotopic (exact) mass is 1120 g/mol. The lowest BCUT2D eigenvalue weighted by Gasteiger charge is -2.41. The molecule has 0 bridgehead atoms. The summed E-state index contributed by atoms with van der Waals surface area (Å²) in [7, 11) is 0. The van der Waals surface area contributed by atoms with Gasteiger partial charge in [-0.3, -0.25) is 0 Å². The van der Waals surface area contributed by atoms with Crippen LogP contribution in [0.3, 0.4) is 0 Å². The highest BCUT2D eigenvalue weighted by Crippen LogP contribution is 2.46. The first-order valence-electron chi connectivity index (χ1n) is 31.7. The molecule has 10 nitrogen and oxygen atoms in total. The lowest BCUT2D eigenvalue weighted by Crippen LogP contribution is -2.40. The Morgan fingerprint density at radius 3 is 1.11 bits per heavy atom. The molecule has 7 rings (SSSR count). The maximum Gasteiger partial charge on any atom is 0.339 e. The van der Waals surface area contributed by atoms with Crippen molar-refractivity contribution in [2.24, 2.45) is 35.5 Å². The number of carbonyl (C=O) groups excluding carboxylic acids is 4. The fraction of sp³-hybridized carbons (Fsp3) is 0.583. The second-order valence-corrected chi connectivity index (χ2v) is 24.0. The van der Waals surface area contributed by atoms with Gasteiger partial charge in [-0.05, 0) is 249 Å². The van der Waals surface area contributed by atoms with Gasteiger partial charge in [-0.25, -0.2) is 19.2 Å². The van der Waals surface area contributed by atoms with Crippen LogP contribution in [0.25, 0.3) is 0 Å². The number of unbranched alkanes of at least 4 members (excludes halogenated alkanes) is 6. The van der Waals surface area contributed by atoms with Gasteiger partial charge in [0.25, 0.3) is 0 Å². The number of esters is 4. The Morgan fingerprint density at radius 1 is 0.451 bits per heavy atom. The zero-order chi connectivity index (χ0) is 57.8. The van der Waals surface area contributed by atoms with E-state index in [2.05, 4.69) is 50.7 Å². The highest BCUT2D eigenvalue weighted by molar-refractivity contribution is 5.90. The molecular weight excluding hydrogens is 1020 g/mol. The molecule has 4 saturated carbocycles. The zero-order valence-electron chi connectivity index (χ0n) is 49.7. The molecule has 0 saturated heterocycles. The molecule has 3 aromatic rings. The van der Waals surface area contributed by atoms with Crippen molar-refractivity contribution in [3.63, 3.8) is 0 Å². The number of hydrogen-bond acceptors (Lipinski definition) is 10. The van der Waals surface area contributed by atoms with Gasteiger partial charge in [0.15, 0.2) is 11.2 Å². The molecule has 0 spiro atoms. The lowest BCUT2D eigenvalue weighted by molar-refractivity contribution is -0.138. The first kappa shape index (κ1) is 63.3. The maximum atomic E-state index is 14.0. The molecule has 0 N–H and O–H groups in total. The van der Waals surface area contributed by atoms with Gasteiger partial charge in [-0.1, -0.05) is 90.2 Å². The summed E-state index contributed by atoms with van der Waals surface area (Å²) in [4.78, 5) is 50.5. The van der Waals surface area contributed by atoms with Crippen molar-refractivity contribution in [2.75, 3.05) is 26.4 Å². The van der Waals surface area contributed by atoms with E-state index >= 15 is 0 Å². The summed E-state index contributed by atoms with van der Waals surface area (Å²) < 4.78 is 35.1. The van der Waals surface area contributed by atoms with Crippen molar-refractivity contribution in [1.29, 1.82) is 0 Å². The predicted octanol–water partition coefficient (Wildman–Crippen LogP) is 16.5. The van der Waals surface area contributed by atoms with Crippen molar-refractivity contribution in [1.82, 2.24) is 0 Å². The van der Waals surface area contributed by atoms with Crippen LogP contribution in [0.5, 0.6) is 11.5 Å². The van der Waals surface area contributed by atoms with Gasteiger partial charge in [-0.2, -0.15) is 0 Å². The standard InChI is InChI=1S/C72H94O10/c1-5-17-55-23-27-59(28-24-55)61-41-47-71(48-42-61,81-69(75)63-31-35-65(36-32-63)77-51-13-9-11-15-53-79-67(73)7-3)45-39-57-19-21-58(22-20-57)40-46-72(49-43-62(44-50-72)60-29-25-56(18-6-2)26-30-60)82-70(76)64-33-37-66(38-34-64)78-52-14-10-12-16-54-80-68(74)8-4/h7-8,19-22,31-38,55-56,59-62H,3-6,9-18,23-30,41-44,47-54H2,1-2H3. The number of rotatable bonds is 28. The molecule has 10 heteroatoms. The third kappa shape index (κ3) is 20.6. The Morgan fingerprint density at radius 2 is 0.780 bits per heavy atom. The minimum Gasteiger partial charge on any atom is -0.494 e. The normalized spacial score (nSPS) is 24.2. The Bertz CT molecular complexity index is 2400. The summed E-state index contributed by atoms with van der Waals surface area (Å²) in [5, 5.41) is 0. The highest BCUT2D eigenvalue weighted by atomic mass is 16.6. The Hall–Kier alpha value is -6.26. The highest BCUT2D eigenvalue weighted by Gasteiger charge is 2.42. The average Bonchev–Trinajstić information content (AvgIpc) is 3.67. The fourth-order valence-corrected chi connectivity index (χ4v) is 13.2. The molecule has 0 aliphatic heterocycles. The van der Waals surface area contributed by atoms with Gasteiger partial charge in [0.05, 0.1) is 37.6 Å². The molecule has 0 radical (unpaired) electrons. The second-order valence-electron chi connectivity index (χ2n) is 24.0. The summed E-state index contributed by atoms with van der Waals surface area (Å²) in [5.74, 6) is 18.2.